The van der Waals surface area contributed by atoms with E-state index in [1.807, 2.05) is 146 Å². The quantitative estimate of drug-likeness (QED) is 0.0915. The Bertz CT molecular complexity index is 9610. The molecule has 17 heteroatoms. The van der Waals surface area contributed by atoms with Crippen molar-refractivity contribution in [3.63, 3.8) is 0 Å². The van der Waals surface area contributed by atoms with E-state index in [-0.39, 0.29) is 31.8 Å². The average Bonchev–Trinajstić information content (AvgIpc) is 1.63. The molecule has 0 fully saturated rings. The van der Waals surface area contributed by atoms with Gasteiger partial charge in [-0.05, 0) is 224 Å². The van der Waals surface area contributed by atoms with Crippen LogP contribution in [-0.4, -0.2) is 49.8 Å². The molecule has 0 aliphatic heterocycles. The zero-order valence-corrected chi connectivity index (χ0v) is 76.5. The molecule has 0 radical (unpaired) electrons. The van der Waals surface area contributed by atoms with E-state index < -0.39 is 0 Å². The van der Waals surface area contributed by atoms with Crippen LogP contribution in [0, 0.1) is 0 Å². The SMILES string of the molecule is CC1(C)c2ccccc2-c2cc(-c3nc(Cl)nc4cc5ccccc5cc34)ccc21.Clc1nc(-c2ccc3oc4ccccc4c3c2)c2c(ccc3ccccc32)n1.Clc1nc(-c2cccc3c2oc2ccccc23)c2ccc3ccccc3c2n1.Clc1nc(-c2cccc3ccccc23)c2c(ccc3ccccc32)n1.Clc1nc(-c2cccc3ccccc23)c2ccc3ccccc3c2n1. The zero-order valence-electron chi connectivity index (χ0n) is 72.7. The second-order valence-electron chi connectivity index (χ2n) is 34.2. The van der Waals surface area contributed by atoms with E-state index in [0.717, 1.165) is 209 Å². The number of hydrogen-bond donors (Lipinski definition) is 0. The van der Waals surface area contributed by atoms with Crippen molar-refractivity contribution in [2.24, 2.45) is 0 Å². The van der Waals surface area contributed by atoms with E-state index in [2.05, 4.69) is 312 Å². The van der Waals surface area contributed by atoms with Crippen LogP contribution in [-0.2, 0) is 5.41 Å². The fraction of sp³-hybridized carbons (Fsp3) is 0.0252. The average molecular weight is 1850 g/mol. The van der Waals surface area contributed by atoms with Gasteiger partial charge in [-0.3, -0.25) is 0 Å². The van der Waals surface area contributed by atoms with Gasteiger partial charge in [0.15, 0.2) is 0 Å². The van der Waals surface area contributed by atoms with E-state index in [1.165, 1.54) is 43.8 Å². The third-order valence-corrected chi connectivity index (χ3v) is 26.9. The molecule has 27 aromatic rings. The highest BCUT2D eigenvalue weighted by Gasteiger charge is 2.36. The van der Waals surface area contributed by atoms with E-state index in [0.29, 0.717) is 0 Å². The molecule has 20 aromatic carbocycles. The predicted molar refractivity (Wildman–Crippen MR) is 565 cm³/mol. The van der Waals surface area contributed by atoms with Gasteiger partial charge in [-0.2, -0.15) is 0 Å². The minimum absolute atomic E-state index is 0.00789. The number of hydrogen-bond acceptors (Lipinski definition) is 12. The molecule has 0 N–H and O–H groups in total. The molecular formula is C119H71Cl5N10O2. The minimum Gasteiger partial charge on any atom is -0.456 e. The lowest BCUT2D eigenvalue weighted by Gasteiger charge is -2.21. The first kappa shape index (κ1) is 83.1. The Balaban J connectivity index is 0.0000000931. The predicted octanol–water partition coefficient (Wildman–Crippen LogP) is 33.9. The molecule has 0 spiro atoms. The first-order valence-corrected chi connectivity index (χ1v) is 46.4. The largest absolute Gasteiger partial charge is 0.456 e. The second-order valence-corrected chi connectivity index (χ2v) is 35.9. The summed E-state index contributed by atoms with van der Waals surface area (Å²) in [6.45, 7) is 4.58. The fourth-order valence-electron chi connectivity index (χ4n) is 19.8. The molecule has 0 amide bonds. The molecule has 644 valence electrons. The molecule has 28 rings (SSSR count). The lowest BCUT2D eigenvalue weighted by atomic mass is 9.82. The van der Waals surface area contributed by atoms with Crippen LogP contribution in [0.2, 0.25) is 26.4 Å². The van der Waals surface area contributed by atoms with Crippen molar-refractivity contribution in [2.75, 3.05) is 0 Å². The monoisotopic (exact) mass is 1850 g/mol. The molecule has 0 atom stereocenters. The first-order valence-electron chi connectivity index (χ1n) is 44.5. The maximum absolute atomic E-state index is 6.35. The van der Waals surface area contributed by atoms with E-state index in [1.54, 1.807) is 0 Å². The standard InChI is InChI=1S/C27H19ClN2.2C24H13ClN2O.2C22H13ClN2/c1-27(2)22-10-6-5-9-19(22)20-14-18(11-12-23(20)27)25-21-13-16-7-3-4-8-17(16)15-24(21)29-26(28)30-25;25-24-26-21-15-7-2-1-6-14(15)12-13-18(21)22(27-24)19-10-5-9-17-16-8-3-4-11-20(16)28-23(17)19;25-24-26-19-11-9-14-5-1-2-6-16(14)22(19)23(27-24)15-10-12-21-18(13-15)17-7-3-4-8-20(17)28-21;23-22-24-19-13-12-15-7-2-4-10-17(15)20(19)21(25-22)18-11-5-8-14-6-1-3-9-16(14)18;23-22-24-20-17-10-4-2-7-15(17)12-13-19(20)21(25-22)18-11-5-8-14-6-1-3-9-16(14)18/h3-15H,1-2H3;2*1-13H;2*1-13H. The van der Waals surface area contributed by atoms with Gasteiger partial charge in [0, 0.05) is 92.5 Å². The van der Waals surface area contributed by atoms with Gasteiger partial charge in [-0.25, -0.2) is 49.8 Å². The Morgan fingerprint density at radius 3 is 1.16 bits per heavy atom. The summed E-state index contributed by atoms with van der Waals surface area (Å²) in [5, 5.41) is 26.6. The Morgan fingerprint density at radius 2 is 0.566 bits per heavy atom. The topological polar surface area (TPSA) is 155 Å². The third-order valence-electron chi connectivity index (χ3n) is 26.0. The van der Waals surface area contributed by atoms with Crippen LogP contribution in [0.25, 0.3) is 241 Å². The summed E-state index contributed by atoms with van der Waals surface area (Å²) in [5.41, 5.74) is 22.4. The van der Waals surface area contributed by atoms with E-state index in [9.17, 15) is 0 Å². The molecule has 7 aromatic heterocycles. The summed E-state index contributed by atoms with van der Waals surface area (Å²) in [6, 6.07) is 135. The van der Waals surface area contributed by atoms with Crippen molar-refractivity contribution >= 4 is 232 Å². The van der Waals surface area contributed by atoms with Gasteiger partial charge in [0.25, 0.3) is 0 Å². The molecule has 0 unspecified atom stereocenters. The number of aromatic nitrogens is 10. The van der Waals surface area contributed by atoms with Crippen LogP contribution in [0.15, 0.2) is 403 Å². The summed E-state index contributed by atoms with van der Waals surface area (Å²) >= 11 is 31.5. The summed E-state index contributed by atoms with van der Waals surface area (Å²) in [6.07, 6.45) is 0. The van der Waals surface area contributed by atoms with Crippen LogP contribution < -0.4 is 0 Å². The molecule has 1 aliphatic rings. The Kier molecular flexibility index (Phi) is 20.9. The highest BCUT2D eigenvalue weighted by atomic mass is 35.5. The van der Waals surface area contributed by atoms with Crippen molar-refractivity contribution in [3.05, 3.63) is 432 Å². The second kappa shape index (κ2) is 34.2. The van der Waals surface area contributed by atoms with Gasteiger partial charge >= 0.3 is 0 Å². The van der Waals surface area contributed by atoms with Crippen LogP contribution in [0.5, 0.6) is 0 Å². The Labute approximate surface area is 802 Å². The molecule has 12 nitrogen and oxygen atoms in total. The fourth-order valence-corrected chi connectivity index (χ4v) is 20.6. The number of para-hydroxylation sites is 3. The Morgan fingerprint density at radius 1 is 0.199 bits per heavy atom. The number of rotatable bonds is 5. The van der Waals surface area contributed by atoms with E-state index in [4.69, 9.17) is 66.8 Å². The number of furan rings is 2. The highest BCUT2D eigenvalue weighted by molar-refractivity contribution is 6.32. The lowest BCUT2D eigenvalue weighted by molar-refractivity contribution is 0.660. The minimum atomic E-state index is -0.00789. The summed E-state index contributed by atoms with van der Waals surface area (Å²) < 4.78 is 12.2. The third kappa shape index (κ3) is 14.8. The molecule has 0 bridgehead atoms. The van der Waals surface area contributed by atoms with Gasteiger partial charge in [0.1, 0.15) is 22.3 Å². The number of benzene rings is 20. The van der Waals surface area contributed by atoms with Gasteiger partial charge in [0.05, 0.1) is 56.1 Å². The molecule has 0 saturated carbocycles. The highest BCUT2D eigenvalue weighted by Crippen LogP contribution is 2.51. The summed E-state index contributed by atoms with van der Waals surface area (Å²) in [4.78, 5) is 45.5. The van der Waals surface area contributed by atoms with E-state index >= 15 is 0 Å². The molecular weight excluding hydrogens is 1780 g/mol. The van der Waals surface area contributed by atoms with Crippen molar-refractivity contribution in [1.82, 2.24) is 49.8 Å². The van der Waals surface area contributed by atoms with Crippen molar-refractivity contribution in [2.45, 2.75) is 19.3 Å². The van der Waals surface area contributed by atoms with Gasteiger partial charge < -0.3 is 8.83 Å². The van der Waals surface area contributed by atoms with Crippen LogP contribution in [0.3, 0.4) is 0 Å². The maximum Gasteiger partial charge on any atom is 0.223 e. The molecule has 0 saturated heterocycles. The van der Waals surface area contributed by atoms with Crippen LogP contribution >= 0.6 is 58.0 Å². The smallest absolute Gasteiger partial charge is 0.223 e. The summed E-state index contributed by atoms with van der Waals surface area (Å²) in [5.74, 6) is 0. The van der Waals surface area contributed by atoms with Crippen molar-refractivity contribution < 1.29 is 8.83 Å². The summed E-state index contributed by atoms with van der Waals surface area (Å²) in [7, 11) is 0. The van der Waals surface area contributed by atoms with Crippen molar-refractivity contribution in [1.29, 1.82) is 0 Å². The van der Waals surface area contributed by atoms with Crippen LogP contribution in [0.4, 0.5) is 0 Å². The Hall–Kier alpha value is -16.0. The van der Waals surface area contributed by atoms with Gasteiger partial charge in [-0.1, -0.05) is 329 Å². The van der Waals surface area contributed by atoms with Crippen LogP contribution in [0.1, 0.15) is 25.0 Å². The molecule has 7 heterocycles. The maximum atomic E-state index is 6.35. The van der Waals surface area contributed by atoms with Gasteiger partial charge in [0.2, 0.25) is 26.4 Å². The lowest BCUT2D eigenvalue weighted by Crippen LogP contribution is -2.14. The zero-order chi connectivity index (χ0) is 91.4. The number of fused-ring (bicyclic) bond motifs is 25. The molecule has 1 aliphatic carbocycles. The molecule has 136 heavy (non-hydrogen) atoms. The number of nitrogens with zero attached hydrogens (tertiary/aromatic N) is 10. The normalized spacial score (nSPS) is 12.1. The number of halogens is 5. The first-order chi connectivity index (χ1) is 66.7. The van der Waals surface area contributed by atoms with Gasteiger partial charge in [-0.15, -0.1) is 0 Å². The van der Waals surface area contributed by atoms with Crippen molar-refractivity contribution in [3.8, 4) is 67.4 Å².